The second-order valence-corrected chi connectivity index (χ2v) is 9.34. The standard InChI is InChI=1S/C24H28N4O2S/c1-18(2)26-23(30)24(9-12-27(17-24)22(29)15-28-11-3-10-25-28)14-19-4-6-20(7-5-19)21-8-13-31-16-21/h3-8,10-11,13,16,18H,9,12,14-15,17H2,1-2H3,(H,26,30)/t24-/m0/s1. The molecule has 4 rings (SSSR count). The molecule has 0 unspecified atom stereocenters. The zero-order valence-corrected chi connectivity index (χ0v) is 18.8. The lowest BCUT2D eigenvalue weighted by atomic mass is 9.79. The fraction of sp³-hybridized carbons (Fsp3) is 0.375. The first-order valence-corrected chi connectivity index (χ1v) is 11.6. The van der Waals surface area contributed by atoms with Crippen molar-refractivity contribution in [1.82, 2.24) is 20.0 Å². The van der Waals surface area contributed by atoms with E-state index in [9.17, 15) is 9.59 Å². The third-order valence-corrected chi connectivity index (χ3v) is 6.50. The number of likely N-dealkylation sites (tertiary alicyclic amines) is 1. The topological polar surface area (TPSA) is 67.2 Å². The summed E-state index contributed by atoms with van der Waals surface area (Å²) in [6, 6.07) is 12.4. The van der Waals surface area contributed by atoms with Gasteiger partial charge in [0.1, 0.15) is 6.54 Å². The molecule has 0 radical (unpaired) electrons. The first kappa shape index (κ1) is 21.3. The zero-order chi connectivity index (χ0) is 21.8. The van der Waals surface area contributed by atoms with Crippen molar-refractivity contribution in [2.24, 2.45) is 5.41 Å². The largest absolute Gasteiger partial charge is 0.353 e. The Labute approximate surface area is 186 Å². The van der Waals surface area contributed by atoms with Gasteiger partial charge in [0, 0.05) is 31.5 Å². The summed E-state index contributed by atoms with van der Waals surface area (Å²) in [6.07, 6.45) is 4.71. The SMILES string of the molecule is CC(C)NC(=O)[C@]1(Cc2ccc(-c3ccsc3)cc2)CCN(C(=O)Cn2cccn2)C1. The highest BCUT2D eigenvalue weighted by atomic mass is 32.1. The molecule has 1 atom stereocenters. The van der Waals surface area contributed by atoms with Crippen LogP contribution < -0.4 is 5.32 Å². The van der Waals surface area contributed by atoms with Crippen LogP contribution >= 0.6 is 11.3 Å². The normalized spacial score (nSPS) is 18.5. The van der Waals surface area contributed by atoms with Crippen LogP contribution in [0.3, 0.4) is 0 Å². The molecule has 1 N–H and O–H groups in total. The molecule has 0 bridgehead atoms. The average Bonchev–Trinajstić information content (AvgIpc) is 3.51. The molecule has 2 aromatic heterocycles. The van der Waals surface area contributed by atoms with Gasteiger partial charge in [-0.25, -0.2) is 0 Å². The third kappa shape index (κ3) is 4.88. The number of amides is 2. The van der Waals surface area contributed by atoms with E-state index in [0.717, 1.165) is 5.56 Å². The molecule has 7 heteroatoms. The molecule has 1 aliphatic rings. The van der Waals surface area contributed by atoms with Crippen LogP contribution in [0.25, 0.3) is 11.1 Å². The van der Waals surface area contributed by atoms with Crippen molar-refractivity contribution in [1.29, 1.82) is 0 Å². The Hall–Kier alpha value is -2.93. The van der Waals surface area contributed by atoms with Crippen molar-refractivity contribution in [3.63, 3.8) is 0 Å². The van der Waals surface area contributed by atoms with Crippen LogP contribution in [-0.2, 0) is 22.6 Å². The molecule has 1 fully saturated rings. The number of hydrogen-bond donors (Lipinski definition) is 1. The lowest BCUT2D eigenvalue weighted by molar-refractivity contribution is -0.134. The number of carbonyl (C=O) groups excluding carboxylic acids is 2. The zero-order valence-electron chi connectivity index (χ0n) is 18.0. The fourth-order valence-electron chi connectivity index (χ4n) is 4.18. The molecular formula is C24H28N4O2S. The molecule has 3 aromatic rings. The predicted molar refractivity (Wildman–Crippen MR) is 123 cm³/mol. The molecule has 1 aliphatic heterocycles. The van der Waals surface area contributed by atoms with Gasteiger partial charge in [0.2, 0.25) is 11.8 Å². The third-order valence-electron chi connectivity index (χ3n) is 5.82. The van der Waals surface area contributed by atoms with E-state index in [4.69, 9.17) is 0 Å². The van der Waals surface area contributed by atoms with Gasteiger partial charge in [0.25, 0.3) is 0 Å². The predicted octanol–water partition coefficient (Wildman–Crippen LogP) is 3.60. The first-order chi connectivity index (χ1) is 14.9. The number of carbonyl (C=O) groups is 2. The summed E-state index contributed by atoms with van der Waals surface area (Å²) in [5.41, 5.74) is 2.88. The summed E-state index contributed by atoms with van der Waals surface area (Å²) in [7, 11) is 0. The molecule has 162 valence electrons. The lowest BCUT2D eigenvalue weighted by Crippen LogP contribution is -2.47. The summed E-state index contributed by atoms with van der Waals surface area (Å²) < 4.78 is 1.62. The van der Waals surface area contributed by atoms with Gasteiger partial charge in [-0.1, -0.05) is 24.3 Å². The maximum atomic E-state index is 13.3. The van der Waals surface area contributed by atoms with Gasteiger partial charge in [-0.2, -0.15) is 16.4 Å². The number of rotatable bonds is 7. The number of nitrogens with one attached hydrogen (secondary N) is 1. The van der Waals surface area contributed by atoms with E-state index in [-0.39, 0.29) is 24.4 Å². The molecule has 3 heterocycles. The highest BCUT2D eigenvalue weighted by Gasteiger charge is 2.46. The highest BCUT2D eigenvalue weighted by molar-refractivity contribution is 7.08. The summed E-state index contributed by atoms with van der Waals surface area (Å²) in [5.74, 6) is 0.0227. The van der Waals surface area contributed by atoms with Crippen LogP contribution in [0.1, 0.15) is 25.8 Å². The van der Waals surface area contributed by atoms with Gasteiger partial charge in [0.05, 0.1) is 5.41 Å². The Kier molecular flexibility index (Phi) is 6.23. The fourth-order valence-corrected chi connectivity index (χ4v) is 4.84. The summed E-state index contributed by atoms with van der Waals surface area (Å²) in [5, 5.41) is 11.4. The second kappa shape index (κ2) is 9.06. The number of benzene rings is 1. The first-order valence-electron chi connectivity index (χ1n) is 10.6. The van der Waals surface area contributed by atoms with Crippen molar-refractivity contribution in [3.05, 3.63) is 65.1 Å². The Balaban J connectivity index is 1.51. The van der Waals surface area contributed by atoms with Crippen molar-refractivity contribution in [2.45, 2.75) is 39.3 Å². The summed E-state index contributed by atoms with van der Waals surface area (Å²) >= 11 is 1.68. The molecule has 2 amide bonds. The van der Waals surface area contributed by atoms with Crippen LogP contribution in [-0.4, -0.2) is 45.6 Å². The Morgan fingerprint density at radius 3 is 2.65 bits per heavy atom. The lowest BCUT2D eigenvalue weighted by Gasteiger charge is -2.29. The summed E-state index contributed by atoms with van der Waals surface area (Å²) in [4.78, 5) is 27.9. The quantitative estimate of drug-likeness (QED) is 0.615. The van der Waals surface area contributed by atoms with Crippen LogP contribution in [0.4, 0.5) is 0 Å². The molecule has 1 saturated heterocycles. The Morgan fingerprint density at radius 2 is 2.00 bits per heavy atom. The van der Waals surface area contributed by atoms with Gasteiger partial charge >= 0.3 is 0 Å². The van der Waals surface area contributed by atoms with Gasteiger partial charge in [-0.05, 0) is 66.3 Å². The van der Waals surface area contributed by atoms with Gasteiger partial charge < -0.3 is 10.2 Å². The van der Waals surface area contributed by atoms with Crippen LogP contribution in [0.2, 0.25) is 0 Å². The van der Waals surface area contributed by atoms with E-state index in [2.05, 4.69) is 51.5 Å². The smallest absolute Gasteiger partial charge is 0.244 e. The maximum absolute atomic E-state index is 13.3. The number of hydrogen-bond acceptors (Lipinski definition) is 4. The van der Waals surface area contributed by atoms with Crippen molar-refractivity contribution in [3.8, 4) is 11.1 Å². The van der Waals surface area contributed by atoms with Crippen molar-refractivity contribution >= 4 is 23.2 Å². The number of thiophene rings is 1. The van der Waals surface area contributed by atoms with Crippen LogP contribution in [0, 0.1) is 5.41 Å². The maximum Gasteiger partial charge on any atom is 0.244 e. The minimum Gasteiger partial charge on any atom is -0.353 e. The second-order valence-electron chi connectivity index (χ2n) is 8.56. The Bertz CT molecular complexity index is 1010. The number of aromatic nitrogens is 2. The van der Waals surface area contributed by atoms with Crippen molar-refractivity contribution in [2.75, 3.05) is 13.1 Å². The van der Waals surface area contributed by atoms with Gasteiger partial charge in [-0.3, -0.25) is 14.3 Å². The molecular weight excluding hydrogens is 408 g/mol. The van der Waals surface area contributed by atoms with E-state index in [1.54, 1.807) is 39.4 Å². The van der Waals surface area contributed by atoms with Crippen LogP contribution in [0.15, 0.2) is 59.6 Å². The van der Waals surface area contributed by atoms with E-state index in [1.807, 2.05) is 13.8 Å². The minimum atomic E-state index is -0.617. The molecule has 6 nitrogen and oxygen atoms in total. The van der Waals surface area contributed by atoms with Crippen molar-refractivity contribution < 1.29 is 9.59 Å². The highest BCUT2D eigenvalue weighted by Crippen LogP contribution is 2.35. The molecule has 0 aliphatic carbocycles. The molecule has 1 aromatic carbocycles. The average molecular weight is 437 g/mol. The van der Waals surface area contributed by atoms with Gasteiger partial charge in [-0.15, -0.1) is 0 Å². The summed E-state index contributed by atoms with van der Waals surface area (Å²) in [6.45, 7) is 5.15. The monoisotopic (exact) mass is 436 g/mol. The van der Waals surface area contributed by atoms with E-state index in [0.29, 0.717) is 25.9 Å². The minimum absolute atomic E-state index is 0.00396. The molecule has 0 spiro atoms. The number of nitrogens with zero attached hydrogens (tertiary/aromatic N) is 3. The van der Waals surface area contributed by atoms with E-state index >= 15 is 0 Å². The van der Waals surface area contributed by atoms with E-state index in [1.165, 1.54) is 11.1 Å². The van der Waals surface area contributed by atoms with E-state index < -0.39 is 5.41 Å². The van der Waals surface area contributed by atoms with Gasteiger partial charge in [0.15, 0.2) is 0 Å². The molecule has 31 heavy (non-hydrogen) atoms. The molecule has 0 saturated carbocycles. The van der Waals surface area contributed by atoms with Crippen LogP contribution in [0.5, 0.6) is 0 Å². The Morgan fingerprint density at radius 1 is 1.19 bits per heavy atom.